The van der Waals surface area contributed by atoms with Crippen LogP contribution >= 0.6 is 0 Å². The van der Waals surface area contributed by atoms with Crippen molar-refractivity contribution in [3.05, 3.63) is 29.3 Å². The number of nitrogens with zero attached hydrogens (tertiary/aromatic N) is 1. The van der Waals surface area contributed by atoms with E-state index in [-0.39, 0.29) is 25.1 Å². The van der Waals surface area contributed by atoms with Gasteiger partial charge in [-0.2, -0.15) is 0 Å². The number of nitrogens with one attached hydrogen (secondary N) is 2. The lowest BCUT2D eigenvalue weighted by Crippen LogP contribution is -2.72. The van der Waals surface area contributed by atoms with Crippen LogP contribution in [0.25, 0.3) is 0 Å². The number of carbonyl (C=O) groups is 2. The fourth-order valence-corrected chi connectivity index (χ4v) is 5.21. The van der Waals surface area contributed by atoms with E-state index < -0.39 is 35.1 Å². The molecule has 4 atom stereocenters. The lowest BCUT2D eigenvalue weighted by Gasteiger charge is -2.62. The molecule has 4 rings (SSSR count). The molecule has 2 bridgehead atoms. The summed E-state index contributed by atoms with van der Waals surface area (Å²) in [7, 11) is 1.84. The van der Waals surface area contributed by atoms with Gasteiger partial charge in [-0.15, -0.1) is 0 Å². The zero-order chi connectivity index (χ0) is 18.7. The van der Waals surface area contributed by atoms with Crippen molar-refractivity contribution in [2.45, 2.75) is 42.4 Å². The summed E-state index contributed by atoms with van der Waals surface area (Å²) >= 11 is 0. The molecule has 5 N–H and O–H groups in total. The number of phenols is 1. The van der Waals surface area contributed by atoms with Crippen LogP contribution in [0, 0.1) is 0 Å². The van der Waals surface area contributed by atoms with Crippen LogP contribution in [-0.2, 0) is 10.2 Å². The van der Waals surface area contributed by atoms with Gasteiger partial charge in [-0.1, -0.05) is 6.07 Å². The third-order valence-corrected chi connectivity index (χ3v) is 6.36. The van der Waals surface area contributed by atoms with Crippen molar-refractivity contribution in [3.8, 4) is 5.75 Å². The number of piperidine rings is 1. The van der Waals surface area contributed by atoms with Gasteiger partial charge in [0.1, 0.15) is 5.75 Å². The van der Waals surface area contributed by atoms with Crippen LogP contribution in [0.5, 0.6) is 5.75 Å². The van der Waals surface area contributed by atoms with E-state index in [1.807, 2.05) is 11.9 Å². The van der Waals surface area contributed by atoms with E-state index in [1.165, 1.54) is 12.1 Å². The SMILES string of the molecule is CN1CC[C@]23CC(=O)NC(=O)NCC[C@@]2(O)[C@H]1[C@H](O)c1ccc(O)cc13. The Hall–Kier alpha value is -2.16. The fourth-order valence-electron chi connectivity index (χ4n) is 5.21. The molecule has 3 amide bonds. The van der Waals surface area contributed by atoms with Crippen LogP contribution in [-0.4, -0.2) is 63.9 Å². The lowest BCUT2D eigenvalue weighted by atomic mass is 9.51. The molecule has 3 aliphatic rings. The topological polar surface area (TPSA) is 122 Å². The number of fused-ring (bicyclic) bond motifs is 1. The molecule has 2 fully saturated rings. The molecule has 1 aromatic carbocycles. The van der Waals surface area contributed by atoms with Crippen molar-refractivity contribution in [1.82, 2.24) is 15.5 Å². The average Bonchev–Trinajstić information content (AvgIpc) is 2.60. The average molecular weight is 361 g/mol. The number of likely N-dealkylation sites (tertiary alicyclic amines) is 1. The Morgan fingerprint density at radius 2 is 2.04 bits per heavy atom. The van der Waals surface area contributed by atoms with Gasteiger partial charge in [0.15, 0.2) is 0 Å². The lowest BCUT2D eigenvalue weighted by molar-refractivity contribution is -0.183. The number of amides is 3. The first-order valence-corrected chi connectivity index (χ1v) is 8.80. The maximum absolute atomic E-state index is 12.5. The molecule has 2 aliphatic heterocycles. The molecular formula is C18H23N3O5. The van der Waals surface area contributed by atoms with Crippen LogP contribution in [0.1, 0.15) is 36.5 Å². The molecule has 1 aromatic rings. The van der Waals surface area contributed by atoms with Crippen LogP contribution in [0.4, 0.5) is 4.79 Å². The smallest absolute Gasteiger partial charge is 0.321 e. The van der Waals surface area contributed by atoms with E-state index in [9.17, 15) is 24.9 Å². The summed E-state index contributed by atoms with van der Waals surface area (Å²) < 4.78 is 0. The predicted molar refractivity (Wildman–Crippen MR) is 91.5 cm³/mol. The number of urea groups is 1. The van der Waals surface area contributed by atoms with E-state index in [1.54, 1.807) is 6.07 Å². The monoisotopic (exact) mass is 361 g/mol. The Bertz CT molecular complexity index is 784. The van der Waals surface area contributed by atoms with Crippen molar-refractivity contribution in [3.63, 3.8) is 0 Å². The highest BCUT2D eigenvalue weighted by atomic mass is 16.3. The van der Waals surface area contributed by atoms with Gasteiger partial charge in [0.05, 0.1) is 17.7 Å². The zero-order valence-corrected chi connectivity index (χ0v) is 14.5. The number of carbonyl (C=O) groups excluding carboxylic acids is 2. The van der Waals surface area contributed by atoms with Crippen molar-refractivity contribution in [2.75, 3.05) is 20.1 Å². The maximum Gasteiger partial charge on any atom is 0.321 e. The van der Waals surface area contributed by atoms with Gasteiger partial charge in [0.25, 0.3) is 0 Å². The molecule has 2 heterocycles. The summed E-state index contributed by atoms with van der Waals surface area (Å²) in [5.41, 5.74) is -1.24. The minimum absolute atomic E-state index is 0.0135. The summed E-state index contributed by atoms with van der Waals surface area (Å²) in [6.45, 7) is 0.746. The normalized spacial score (nSPS) is 37.3. The van der Waals surface area contributed by atoms with Gasteiger partial charge in [0, 0.05) is 18.4 Å². The van der Waals surface area contributed by atoms with E-state index in [0.717, 1.165) is 0 Å². The minimum Gasteiger partial charge on any atom is -0.508 e. The van der Waals surface area contributed by atoms with Crippen LogP contribution in [0.15, 0.2) is 18.2 Å². The number of likely N-dealkylation sites (N-methyl/N-ethyl adjacent to an activating group) is 1. The van der Waals surface area contributed by atoms with Crippen molar-refractivity contribution >= 4 is 11.9 Å². The zero-order valence-electron chi connectivity index (χ0n) is 14.5. The first-order valence-electron chi connectivity index (χ1n) is 8.80. The molecule has 2 saturated heterocycles. The van der Waals surface area contributed by atoms with E-state index in [0.29, 0.717) is 24.1 Å². The van der Waals surface area contributed by atoms with Crippen LogP contribution < -0.4 is 10.6 Å². The van der Waals surface area contributed by atoms with E-state index in [2.05, 4.69) is 10.6 Å². The maximum atomic E-state index is 12.5. The van der Waals surface area contributed by atoms with Gasteiger partial charge in [-0.25, -0.2) is 4.79 Å². The number of aromatic hydroxyl groups is 1. The molecule has 0 aromatic heterocycles. The highest BCUT2D eigenvalue weighted by Crippen LogP contribution is 2.57. The number of phenolic OH excluding ortho intramolecular Hbond substituents is 1. The van der Waals surface area contributed by atoms with Crippen molar-refractivity contribution < 1.29 is 24.9 Å². The molecule has 140 valence electrons. The Kier molecular flexibility index (Phi) is 3.76. The summed E-state index contributed by atoms with van der Waals surface area (Å²) in [5.74, 6) is -0.476. The molecule has 0 spiro atoms. The third kappa shape index (κ3) is 2.19. The Balaban J connectivity index is 1.98. The molecule has 8 nitrogen and oxygen atoms in total. The molecule has 1 aliphatic carbocycles. The number of imide groups is 1. The Morgan fingerprint density at radius 3 is 2.81 bits per heavy atom. The second-order valence-corrected chi connectivity index (χ2v) is 7.63. The fraction of sp³-hybridized carbons (Fsp3) is 0.556. The Labute approximate surface area is 150 Å². The minimum atomic E-state index is -1.44. The number of benzene rings is 1. The second kappa shape index (κ2) is 5.67. The number of hydrogen-bond donors (Lipinski definition) is 5. The number of hydrogen-bond acceptors (Lipinski definition) is 6. The summed E-state index contributed by atoms with van der Waals surface area (Å²) in [6, 6.07) is 3.48. The number of aliphatic hydroxyl groups excluding tert-OH is 1. The predicted octanol–water partition coefficient (Wildman–Crippen LogP) is -0.268. The molecular weight excluding hydrogens is 338 g/mol. The van der Waals surface area contributed by atoms with Gasteiger partial charge in [-0.3, -0.25) is 15.0 Å². The van der Waals surface area contributed by atoms with E-state index in [4.69, 9.17) is 0 Å². The standard InChI is InChI=1S/C18H23N3O5/c1-21-7-5-17-9-13(23)20-16(25)19-6-4-18(17,26)15(21)14(24)11-3-2-10(22)8-12(11)17/h2-3,8,14-15,22,24,26H,4-7,9H2,1H3,(H2,19,20,23,25)/t14-,15-,17-,18-/m1/s1. The summed E-state index contributed by atoms with van der Waals surface area (Å²) in [6.07, 6.45) is -0.394. The Morgan fingerprint density at radius 1 is 1.27 bits per heavy atom. The van der Waals surface area contributed by atoms with Crippen molar-refractivity contribution in [2.24, 2.45) is 0 Å². The third-order valence-electron chi connectivity index (χ3n) is 6.36. The van der Waals surface area contributed by atoms with Crippen LogP contribution in [0.3, 0.4) is 0 Å². The molecule has 26 heavy (non-hydrogen) atoms. The van der Waals surface area contributed by atoms with Crippen LogP contribution in [0.2, 0.25) is 0 Å². The summed E-state index contributed by atoms with van der Waals surface area (Å²) in [4.78, 5) is 26.2. The molecule has 0 unspecified atom stereocenters. The quantitative estimate of drug-likeness (QED) is 0.434. The summed E-state index contributed by atoms with van der Waals surface area (Å²) in [5, 5.41) is 37.8. The van der Waals surface area contributed by atoms with Gasteiger partial charge in [0.2, 0.25) is 5.91 Å². The highest BCUT2D eigenvalue weighted by molar-refractivity contribution is 5.95. The molecule has 8 heteroatoms. The number of aliphatic hydroxyl groups is 2. The highest BCUT2D eigenvalue weighted by Gasteiger charge is 2.65. The largest absolute Gasteiger partial charge is 0.508 e. The van der Waals surface area contributed by atoms with Gasteiger partial charge >= 0.3 is 6.03 Å². The number of rotatable bonds is 0. The van der Waals surface area contributed by atoms with Gasteiger partial charge in [-0.05, 0) is 49.7 Å². The second-order valence-electron chi connectivity index (χ2n) is 7.63. The van der Waals surface area contributed by atoms with Gasteiger partial charge < -0.3 is 20.6 Å². The molecule has 0 saturated carbocycles. The molecule has 0 radical (unpaired) electrons. The van der Waals surface area contributed by atoms with Crippen molar-refractivity contribution in [1.29, 1.82) is 0 Å². The first-order chi connectivity index (χ1) is 12.3. The van der Waals surface area contributed by atoms with E-state index >= 15 is 0 Å². The first kappa shape index (κ1) is 17.3.